The van der Waals surface area contributed by atoms with Crippen molar-refractivity contribution in [3.05, 3.63) is 65.1 Å². The van der Waals surface area contributed by atoms with Gasteiger partial charge in [0.05, 0.1) is 17.8 Å². The zero-order chi connectivity index (χ0) is 20.5. The van der Waals surface area contributed by atoms with Gasteiger partial charge in [-0.2, -0.15) is 0 Å². The Hall–Kier alpha value is -3.35. The Morgan fingerprint density at radius 1 is 1.28 bits per heavy atom. The number of halogens is 1. The number of aliphatic imine (C=N–C) groups is 2. The molecule has 2 heterocycles. The predicted octanol–water partition coefficient (Wildman–Crippen LogP) is 3.20. The minimum absolute atomic E-state index is 0.0834. The maximum Gasteiger partial charge on any atom is 0.259 e. The number of pyridine rings is 1. The highest BCUT2D eigenvalue weighted by Gasteiger charge is 2.42. The van der Waals surface area contributed by atoms with E-state index in [0.717, 1.165) is 22.4 Å². The van der Waals surface area contributed by atoms with E-state index in [9.17, 15) is 9.18 Å². The number of aryl methyl sites for hydroxylation is 2. The standard InChI is InChI=1S/C22H22FN5O/c1-12-5-6-25-19(7-12)16(10-24)22(29)28-18-8-14(4-3-13(18)2)21-26-11-20(27-21)15-9-17(15)23/h3-8,10,15,17H,9,11,24H2,1-2H3,(H,28,29)/b16-10+. The number of carbonyl (C=O) groups is 1. The lowest BCUT2D eigenvalue weighted by molar-refractivity contribution is -0.111. The van der Waals surface area contributed by atoms with Gasteiger partial charge in [0.1, 0.15) is 6.17 Å². The number of hydrogen-bond donors (Lipinski definition) is 2. The second-order valence-corrected chi connectivity index (χ2v) is 7.38. The van der Waals surface area contributed by atoms with E-state index in [1.165, 1.54) is 6.20 Å². The fourth-order valence-corrected chi connectivity index (χ4v) is 3.27. The van der Waals surface area contributed by atoms with Crippen LogP contribution in [0.3, 0.4) is 0 Å². The lowest BCUT2D eigenvalue weighted by Crippen LogP contribution is -2.16. The summed E-state index contributed by atoms with van der Waals surface area (Å²) in [7, 11) is 0. The van der Waals surface area contributed by atoms with Crippen LogP contribution >= 0.6 is 0 Å². The van der Waals surface area contributed by atoms with E-state index < -0.39 is 6.17 Å². The summed E-state index contributed by atoms with van der Waals surface area (Å²) in [6.07, 6.45) is 2.66. The molecule has 2 atom stereocenters. The summed E-state index contributed by atoms with van der Waals surface area (Å²) in [6, 6.07) is 9.29. The third-order valence-electron chi connectivity index (χ3n) is 5.13. The van der Waals surface area contributed by atoms with Gasteiger partial charge in [0.2, 0.25) is 0 Å². The lowest BCUT2D eigenvalue weighted by atomic mass is 10.1. The molecule has 1 aliphatic heterocycles. The third kappa shape index (κ3) is 3.94. The van der Waals surface area contributed by atoms with Gasteiger partial charge in [-0.15, -0.1) is 0 Å². The quantitative estimate of drug-likeness (QED) is 0.767. The van der Waals surface area contributed by atoms with E-state index in [0.29, 0.717) is 35.8 Å². The SMILES string of the molecule is Cc1ccnc(/C(=C\N)C(=O)Nc2cc(C3=NCC(C4CC4F)=N3)ccc2C)c1. The van der Waals surface area contributed by atoms with Crippen molar-refractivity contribution >= 4 is 28.7 Å². The minimum Gasteiger partial charge on any atom is -0.404 e. The molecule has 1 aromatic carbocycles. The molecule has 3 N–H and O–H groups in total. The second kappa shape index (κ2) is 7.58. The molecule has 1 saturated carbocycles. The molecule has 2 unspecified atom stereocenters. The molecule has 6 nitrogen and oxygen atoms in total. The predicted molar refractivity (Wildman–Crippen MR) is 113 cm³/mol. The summed E-state index contributed by atoms with van der Waals surface area (Å²) in [5.41, 5.74) is 10.6. The minimum atomic E-state index is -0.784. The Labute approximate surface area is 168 Å². The summed E-state index contributed by atoms with van der Waals surface area (Å²) in [5.74, 6) is 0.145. The Morgan fingerprint density at radius 2 is 2.07 bits per heavy atom. The van der Waals surface area contributed by atoms with Gasteiger partial charge in [-0.05, 0) is 49.6 Å². The number of nitrogens with one attached hydrogen (secondary N) is 1. The Morgan fingerprint density at radius 3 is 2.76 bits per heavy atom. The first kappa shape index (κ1) is 19.0. The molecule has 0 saturated heterocycles. The highest BCUT2D eigenvalue weighted by atomic mass is 19.1. The molecule has 0 radical (unpaired) electrons. The van der Waals surface area contributed by atoms with Crippen LogP contribution in [-0.2, 0) is 4.79 Å². The first-order valence-corrected chi connectivity index (χ1v) is 9.49. The fourth-order valence-electron chi connectivity index (χ4n) is 3.27. The van der Waals surface area contributed by atoms with E-state index in [4.69, 9.17) is 5.73 Å². The molecule has 7 heteroatoms. The number of aromatic nitrogens is 1. The van der Waals surface area contributed by atoms with Gasteiger partial charge in [0.15, 0.2) is 5.84 Å². The van der Waals surface area contributed by atoms with Crippen molar-refractivity contribution in [3.8, 4) is 0 Å². The number of hydrogen-bond acceptors (Lipinski definition) is 5. The zero-order valence-electron chi connectivity index (χ0n) is 16.3. The molecule has 4 rings (SSSR count). The molecular weight excluding hydrogens is 369 g/mol. The number of benzene rings is 1. The molecule has 0 bridgehead atoms. The molecule has 1 fully saturated rings. The van der Waals surface area contributed by atoms with Crippen LogP contribution in [-0.4, -0.2) is 35.2 Å². The van der Waals surface area contributed by atoms with Gasteiger partial charge in [-0.3, -0.25) is 14.8 Å². The summed E-state index contributed by atoms with van der Waals surface area (Å²) < 4.78 is 13.3. The smallest absolute Gasteiger partial charge is 0.259 e. The molecular formula is C22H22FN5O. The van der Waals surface area contributed by atoms with Gasteiger partial charge in [-0.25, -0.2) is 9.38 Å². The number of amidine groups is 1. The number of nitrogens with two attached hydrogens (primary N) is 1. The summed E-state index contributed by atoms with van der Waals surface area (Å²) >= 11 is 0. The summed E-state index contributed by atoms with van der Waals surface area (Å²) in [5, 5.41) is 2.91. The van der Waals surface area contributed by atoms with Crippen LogP contribution in [0, 0.1) is 19.8 Å². The first-order valence-electron chi connectivity index (χ1n) is 9.49. The van der Waals surface area contributed by atoms with E-state index in [1.54, 1.807) is 12.3 Å². The fraction of sp³-hybridized carbons (Fsp3) is 0.273. The number of alkyl halides is 1. The monoisotopic (exact) mass is 391 g/mol. The van der Waals surface area contributed by atoms with Crippen molar-refractivity contribution in [2.45, 2.75) is 26.4 Å². The van der Waals surface area contributed by atoms with Crippen molar-refractivity contribution in [1.29, 1.82) is 0 Å². The van der Waals surface area contributed by atoms with Crippen molar-refractivity contribution < 1.29 is 9.18 Å². The van der Waals surface area contributed by atoms with Gasteiger partial charge in [-0.1, -0.05) is 12.1 Å². The summed E-state index contributed by atoms with van der Waals surface area (Å²) in [4.78, 5) is 26.0. The molecule has 2 aromatic rings. The average Bonchev–Trinajstić information content (AvgIpc) is 3.23. The molecule has 1 aromatic heterocycles. The maximum absolute atomic E-state index is 13.3. The number of amides is 1. The molecule has 148 valence electrons. The van der Waals surface area contributed by atoms with Crippen molar-refractivity contribution in [3.63, 3.8) is 0 Å². The van der Waals surface area contributed by atoms with Crippen LogP contribution in [0.5, 0.6) is 0 Å². The third-order valence-corrected chi connectivity index (χ3v) is 5.13. The van der Waals surface area contributed by atoms with Crippen LogP contribution in [0.4, 0.5) is 10.1 Å². The molecule has 1 aliphatic carbocycles. The molecule has 0 spiro atoms. The number of carbonyl (C=O) groups excluding carboxylic acids is 1. The van der Waals surface area contributed by atoms with Crippen LogP contribution in [0.2, 0.25) is 0 Å². The lowest BCUT2D eigenvalue weighted by Gasteiger charge is -2.12. The van der Waals surface area contributed by atoms with Crippen LogP contribution in [0.1, 0.15) is 28.8 Å². The maximum atomic E-state index is 13.3. The Bertz CT molecular complexity index is 1070. The summed E-state index contributed by atoms with van der Waals surface area (Å²) in [6.45, 7) is 4.27. The van der Waals surface area contributed by atoms with Crippen molar-refractivity contribution in [2.75, 3.05) is 11.9 Å². The Balaban J connectivity index is 1.55. The van der Waals surface area contributed by atoms with E-state index in [1.807, 2.05) is 38.1 Å². The number of rotatable bonds is 5. The second-order valence-electron chi connectivity index (χ2n) is 7.38. The van der Waals surface area contributed by atoms with E-state index in [2.05, 4.69) is 20.3 Å². The average molecular weight is 391 g/mol. The highest BCUT2D eigenvalue weighted by Crippen LogP contribution is 2.36. The zero-order valence-corrected chi connectivity index (χ0v) is 16.3. The van der Waals surface area contributed by atoms with Gasteiger partial charge < -0.3 is 11.1 Å². The highest BCUT2D eigenvalue weighted by molar-refractivity contribution is 6.25. The van der Waals surface area contributed by atoms with Crippen LogP contribution in [0.15, 0.2) is 52.7 Å². The first-order chi connectivity index (χ1) is 14.0. The normalized spacial score (nSPS) is 20.9. The van der Waals surface area contributed by atoms with E-state index >= 15 is 0 Å². The number of nitrogens with zero attached hydrogens (tertiary/aromatic N) is 3. The molecule has 2 aliphatic rings. The van der Waals surface area contributed by atoms with Crippen molar-refractivity contribution in [1.82, 2.24) is 4.98 Å². The van der Waals surface area contributed by atoms with Crippen LogP contribution in [0.25, 0.3) is 5.57 Å². The largest absolute Gasteiger partial charge is 0.404 e. The molecule has 1 amide bonds. The molecule has 29 heavy (non-hydrogen) atoms. The van der Waals surface area contributed by atoms with Gasteiger partial charge >= 0.3 is 0 Å². The van der Waals surface area contributed by atoms with Crippen LogP contribution < -0.4 is 11.1 Å². The Kier molecular flexibility index (Phi) is 4.96. The van der Waals surface area contributed by atoms with Gasteiger partial charge in [0, 0.05) is 35.3 Å². The van der Waals surface area contributed by atoms with Crippen molar-refractivity contribution in [2.24, 2.45) is 21.6 Å². The topological polar surface area (TPSA) is 92.7 Å². The number of anilines is 1. The van der Waals surface area contributed by atoms with E-state index in [-0.39, 0.29) is 11.8 Å². The van der Waals surface area contributed by atoms with Gasteiger partial charge in [0.25, 0.3) is 5.91 Å².